The van der Waals surface area contributed by atoms with Crippen molar-refractivity contribution in [3.05, 3.63) is 0 Å². The lowest BCUT2D eigenvalue weighted by molar-refractivity contribution is -0.133. The van der Waals surface area contributed by atoms with Gasteiger partial charge in [0.25, 0.3) is 0 Å². The summed E-state index contributed by atoms with van der Waals surface area (Å²) in [6.45, 7) is 8.72. The van der Waals surface area contributed by atoms with Gasteiger partial charge >= 0.3 is 0 Å². The van der Waals surface area contributed by atoms with Crippen LogP contribution in [-0.4, -0.2) is 59.9 Å². The topological polar surface area (TPSA) is 76.4 Å². The molecule has 6 nitrogen and oxygen atoms in total. The van der Waals surface area contributed by atoms with Crippen LogP contribution in [-0.2, 0) is 9.59 Å². The van der Waals surface area contributed by atoms with Crippen LogP contribution in [0.2, 0.25) is 0 Å². The average Bonchev–Trinajstić information content (AvgIpc) is 3.13. The molecule has 0 aromatic carbocycles. The van der Waals surface area contributed by atoms with E-state index in [1.807, 2.05) is 18.7 Å². The van der Waals surface area contributed by atoms with Crippen LogP contribution in [0.4, 0.5) is 0 Å². The molecule has 1 N–H and O–H groups in total. The van der Waals surface area contributed by atoms with Crippen molar-refractivity contribution in [2.45, 2.75) is 64.8 Å². The summed E-state index contributed by atoms with van der Waals surface area (Å²) in [6.07, 6.45) is 6.91. The van der Waals surface area contributed by atoms with Crippen LogP contribution in [0.1, 0.15) is 59.3 Å². The van der Waals surface area contributed by atoms with E-state index in [2.05, 4.69) is 16.3 Å². The molecule has 6 heteroatoms. The van der Waals surface area contributed by atoms with Gasteiger partial charge in [-0.15, -0.1) is 0 Å². The van der Waals surface area contributed by atoms with Gasteiger partial charge in [0.05, 0.1) is 12.6 Å². The number of hydrogen-bond donors (Lipinski definition) is 1. The molecule has 0 radical (unpaired) electrons. The van der Waals surface area contributed by atoms with Gasteiger partial charge in [-0.2, -0.15) is 5.26 Å². The van der Waals surface area contributed by atoms with E-state index >= 15 is 0 Å². The molecule has 1 heterocycles. The smallest absolute Gasteiger partial charge is 0.235 e. The van der Waals surface area contributed by atoms with Gasteiger partial charge < -0.3 is 10.2 Å². The molecule has 1 aliphatic carbocycles. The minimum absolute atomic E-state index is 0.0470. The van der Waals surface area contributed by atoms with Crippen LogP contribution in [0.15, 0.2) is 0 Å². The van der Waals surface area contributed by atoms with Crippen molar-refractivity contribution in [2.24, 2.45) is 11.8 Å². The Morgan fingerprint density at radius 1 is 1.19 bits per heavy atom. The molecule has 146 valence electrons. The molecule has 1 saturated heterocycles. The zero-order valence-electron chi connectivity index (χ0n) is 16.6. The van der Waals surface area contributed by atoms with Crippen LogP contribution in [0, 0.1) is 23.2 Å². The molecule has 0 aromatic rings. The second kappa shape index (κ2) is 9.36. The molecule has 26 heavy (non-hydrogen) atoms. The van der Waals surface area contributed by atoms with E-state index in [9.17, 15) is 14.9 Å². The normalized spacial score (nSPS) is 21.4. The Kier molecular flexibility index (Phi) is 7.45. The molecular formula is C20H34N4O2. The number of amides is 2. The lowest BCUT2D eigenvalue weighted by Crippen LogP contribution is -2.55. The summed E-state index contributed by atoms with van der Waals surface area (Å²) in [4.78, 5) is 28.7. The molecule has 2 rings (SSSR count). The zero-order chi connectivity index (χ0) is 19.2. The fourth-order valence-corrected chi connectivity index (χ4v) is 3.77. The number of nitrogens with zero attached hydrogens (tertiary/aromatic N) is 3. The number of carbonyl (C=O) groups excluding carboxylic acids is 2. The van der Waals surface area contributed by atoms with Crippen molar-refractivity contribution in [2.75, 3.05) is 32.7 Å². The largest absolute Gasteiger partial charge is 0.340 e. The maximum absolute atomic E-state index is 12.4. The van der Waals surface area contributed by atoms with Gasteiger partial charge in [0.1, 0.15) is 5.54 Å². The van der Waals surface area contributed by atoms with Crippen LogP contribution >= 0.6 is 0 Å². The first-order chi connectivity index (χ1) is 12.3. The Labute approximate surface area is 157 Å². The third kappa shape index (κ3) is 5.70. The lowest BCUT2D eigenvalue weighted by atomic mass is 9.90. The standard InChI is InChI=1S/C20H34N4O2/c1-16(2)20(3,15-21)22-18(25)14-23-10-12-24(13-11-23)19(26)9-8-17-6-4-5-7-17/h16-17H,4-14H2,1-3H3,(H,22,25). The van der Waals surface area contributed by atoms with Crippen LogP contribution in [0.25, 0.3) is 0 Å². The van der Waals surface area contributed by atoms with Gasteiger partial charge in [0.15, 0.2) is 0 Å². The van der Waals surface area contributed by atoms with E-state index in [0.29, 0.717) is 32.6 Å². The number of piperazine rings is 1. The highest BCUT2D eigenvalue weighted by molar-refractivity contribution is 5.79. The molecule has 1 atom stereocenters. The first-order valence-electron chi connectivity index (χ1n) is 10.1. The van der Waals surface area contributed by atoms with Gasteiger partial charge in [-0.3, -0.25) is 14.5 Å². The van der Waals surface area contributed by atoms with Gasteiger partial charge in [0.2, 0.25) is 11.8 Å². The third-order valence-corrected chi connectivity index (χ3v) is 6.12. The molecule has 1 aliphatic heterocycles. The summed E-state index contributed by atoms with van der Waals surface area (Å²) in [7, 11) is 0. The Balaban J connectivity index is 1.69. The number of hydrogen-bond acceptors (Lipinski definition) is 4. The monoisotopic (exact) mass is 362 g/mol. The van der Waals surface area contributed by atoms with E-state index in [4.69, 9.17) is 0 Å². The van der Waals surface area contributed by atoms with Crippen molar-refractivity contribution >= 4 is 11.8 Å². The Hall–Kier alpha value is -1.61. The SMILES string of the molecule is CC(C)C(C)(C#N)NC(=O)CN1CCN(C(=O)CCC2CCCC2)CC1. The van der Waals surface area contributed by atoms with Gasteiger partial charge in [0, 0.05) is 32.6 Å². The zero-order valence-corrected chi connectivity index (χ0v) is 16.6. The minimum atomic E-state index is -0.838. The molecule has 1 unspecified atom stereocenters. The molecule has 2 amide bonds. The fourth-order valence-electron chi connectivity index (χ4n) is 3.77. The predicted molar refractivity (Wildman–Crippen MR) is 101 cm³/mol. The molecular weight excluding hydrogens is 328 g/mol. The molecule has 0 bridgehead atoms. The highest BCUT2D eigenvalue weighted by Gasteiger charge is 2.31. The van der Waals surface area contributed by atoms with Crippen LogP contribution in [0.3, 0.4) is 0 Å². The van der Waals surface area contributed by atoms with E-state index in [0.717, 1.165) is 12.3 Å². The Morgan fingerprint density at radius 3 is 2.35 bits per heavy atom. The summed E-state index contributed by atoms with van der Waals surface area (Å²) < 4.78 is 0. The maximum atomic E-state index is 12.4. The molecule has 2 aliphatic rings. The minimum Gasteiger partial charge on any atom is -0.340 e. The highest BCUT2D eigenvalue weighted by Crippen LogP contribution is 2.28. The van der Waals surface area contributed by atoms with Gasteiger partial charge in [-0.1, -0.05) is 39.5 Å². The Bertz CT molecular complexity index is 528. The number of nitriles is 1. The van der Waals surface area contributed by atoms with Gasteiger partial charge in [-0.05, 0) is 25.2 Å². The maximum Gasteiger partial charge on any atom is 0.235 e. The van der Waals surface area contributed by atoms with E-state index in [1.54, 1.807) is 6.92 Å². The van der Waals surface area contributed by atoms with E-state index in [-0.39, 0.29) is 24.3 Å². The molecule has 0 aromatic heterocycles. The summed E-state index contributed by atoms with van der Waals surface area (Å²) in [5, 5.41) is 12.2. The van der Waals surface area contributed by atoms with Crippen molar-refractivity contribution < 1.29 is 9.59 Å². The molecule has 0 spiro atoms. The van der Waals surface area contributed by atoms with Crippen LogP contribution in [0.5, 0.6) is 0 Å². The van der Waals surface area contributed by atoms with Crippen LogP contribution < -0.4 is 5.32 Å². The van der Waals surface area contributed by atoms with Crippen molar-refractivity contribution in [1.29, 1.82) is 5.26 Å². The molecule has 1 saturated carbocycles. The van der Waals surface area contributed by atoms with E-state index in [1.165, 1.54) is 25.7 Å². The Morgan fingerprint density at radius 2 is 1.81 bits per heavy atom. The first-order valence-corrected chi connectivity index (χ1v) is 10.1. The van der Waals surface area contributed by atoms with Crippen molar-refractivity contribution in [3.63, 3.8) is 0 Å². The predicted octanol–water partition coefficient (Wildman–Crippen LogP) is 2.16. The fraction of sp³-hybridized carbons (Fsp3) is 0.850. The quantitative estimate of drug-likeness (QED) is 0.753. The van der Waals surface area contributed by atoms with Crippen molar-refractivity contribution in [1.82, 2.24) is 15.1 Å². The van der Waals surface area contributed by atoms with Crippen molar-refractivity contribution in [3.8, 4) is 6.07 Å². The highest BCUT2D eigenvalue weighted by atomic mass is 16.2. The second-order valence-corrected chi connectivity index (χ2v) is 8.36. The number of nitrogens with one attached hydrogen (secondary N) is 1. The first kappa shape index (κ1) is 20.7. The van der Waals surface area contributed by atoms with E-state index < -0.39 is 5.54 Å². The summed E-state index contributed by atoms with van der Waals surface area (Å²) in [6, 6.07) is 2.20. The van der Waals surface area contributed by atoms with Gasteiger partial charge in [-0.25, -0.2) is 0 Å². The summed E-state index contributed by atoms with van der Waals surface area (Å²) in [5.41, 5.74) is -0.838. The number of rotatable bonds is 7. The second-order valence-electron chi connectivity index (χ2n) is 8.36. The average molecular weight is 363 g/mol. The number of carbonyl (C=O) groups is 2. The lowest BCUT2D eigenvalue weighted by Gasteiger charge is -2.35. The summed E-state index contributed by atoms with van der Waals surface area (Å²) >= 11 is 0. The third-order valence-electron chi connectivity index (χ3n) is 6.12. The summed E-state index contributed by atoms with van der Waals surface area (Å²) in [5.74, 6) is 0.937. The molecule has 2 fully saturated rings.